The third-order valence-corrected chi connectivity index (χ3v) is 2.31. The van der Waals surface area contributed by atoms with E-state index in [2.05, 4.69) is 0 Å². The lowest BCUT2D eigenvalue weighted by molar-refractivity contribution is -0.168. The third-order valence-electron chi connectivity index (χ3n) is 1.48. The van der Waals surface area contributed by atoms with Gasteiger partial charge in [0, 0.05) is 13.3 Å². The van der Waals surface area contributed by atoms with Crippen LogP contribution in [0.4, 0.5) is 0 Å². The van der Waals surface area contributed by atoms with Crippen LogP contribution in [0.2, 0.25) is 0 Å². The highest BCUT2D eigenvalue weighted by atomic mass is 31.2. The predicted molar refractivity (Wildman–Crippen MR) is 46.8 cm³/mol. The van der Waals surface area contributed by atoms with E-state index < -0.39 is 38.1 Å². The maximum atomic E-state index is 10.7. The van der Waals surface area contributed by atoms with Crippen molar-refractivity contribution in [2.24, 2.45) is 0 Å². The SMILES string of the molecule is CC(=O)N(O)CC(O)CC(=O)P(=O)(O)O. The quantitative estimate of drug-likeness (QED) is 0.266. The number of aliphatic hydroxyl groups excluding tert-OH is 1. The molecule has 0 aliphatic carbocycles. The van der Waals surface area contributed by atoms with Crippen LogP contribution in [-0.4, -0.2) is 49.2 Å². The highest BCUT2D eigenvalue weighted by molar-refractivity contribution is 7.70. The van der Waals surface area contributed by atoms with Crippen molar-refractivity contribution in [3.8, 4) is 0 Å². The van der Waals surface area contributed by atoms with Crippen LogP contribution in [0.25, 0.3) is 0 Å². The van der Waals surface area contributed by atoms with Gasteiger partial charge in [-0.25, -0.2) is 5.06 Å². The Morgan fingerprint density at radius 1 is 1.40 bits per heavy atom. The van der Waals surface area contributed by atoms with Crippen LogP contribution < -0.4 is 0 Å². The van der Waals surface area contributed by atoms with E-state index in [4.69, 9.17) is 20.1 Å². The van der Waals surface area contributed by atoms with Crippen molar-refractivity contribution in [2.45, 2.75) is 19.4 Å². The summed E-state index contributed by atoms with van der Waals surface area (Å²) in [6.45, 7) is 0.443. The van der Waals surface area contributed by atoms with Crippen LogP contribution >= 0.6 is 7.60 Å². The number of carbonyl (C=O) groups is 2. The Kier molecular flexibility index (Phi) is 5.06. The lowest BCUT2D eigenvalue weighted by atomic mass is 10.2. The van der Waals surface area contributed by atoms with E-state index in [9.17, 15) is 14.2 Å². The minimum atomic E-state index is -4.86. The molecule has 0 fully saturated rings. The first kappa shape index (κ1) is 14.2. The molecule has 8 nitrogen and oxygen atoms in total. The van der Waals surface area contributed by atoms with Gasteiger partial charge < -0.3 is 14.9 Å². The summed E-state index contributed by atoms with van der Waals surface area (Å²) in [5.74, 6) is -0.752. The molecule has 0 bridgehead atoms. The molecule has 0 rings (SSSR count). The van der Waals surface area contributed by atoms with Crippen molar-refractivity contribution in [2.75, 3.05) is 6.54 Å². The monoisotopic (exact) mass is 241 g/mol. The number of hydroxylamine groups is 2. The van der Waals surface area contributed by atoms with E-state index in [-0.39, 0.29) is 5.06 Å². The Balaban J connectivity index is 4.16. The second kappa shape index (κ2) is 5.34. The highest BCUT2D eigenvalue weighted by Crippen LogP contribution is 2.37. The fourth-order valence-electron chi connectivity index (χ4n) is 0.713. The van der Waals surface area contributed by atoms with Crippen molar-refractivity contribution < 1.29 is 34.3 Å². The van der Waals surface area contributed by atoms with Gasteiger partial charge >= 0.3 is 7.60 Å². The minimum Gasteiger partial charge on any atom is -0.391 e. The van der Waals surface area contributed by atoms with Crippen LogP contribution in [0.5, 0.6) is 0 Å². The lowest BCUT2D eigenvalue weighted by Gasteiger charge is -2.16. The molecule has 88 valence electrons. The van der Waals surface area contributed by atoms with Crippen molar-refractivity contribution >= 4 is 19.0 Å². The third kappa shape index (κ3) is 5.60. The van der Waals surface area contributed by atoms with E-state index in [1.54, 1.807) is 0 Å². The number of nitrogens with zero attached hydrogens (tertiary/aromatic N) is 1. The molecule has 1 amide bonds. The Morgan fingerprint density at radius 3 is 2.20 bits per heavy atom. The van der Waals surface area contributed by atoms with Crippen LogP contribution in [0.3, 0.4) is 0 Å². The summed E-state index contributed by atoms with van der Waals surface area (Å²) in [4.78, 5) is 38.0. The molecule has 4 N–H and O–H groups in total. The Hall–Kier alpha value is -0.790. The lowest BCUT2D eigenvalue weighted by Crippen LogP contribution is -2.34. The highest BCUT2D eigenvalue weighted by Gasteiger charge is 2.28. The average molecular weight is 241 g/mol. The zero-order valence-electron chi connectivity index (χ0n) is 7.90. The van der Waals surface area contributed by atoms with Gasteiger partial charge in [-0.05, 0) is 0 Å². The van der Waals surface area contributed by atoms with E-state index in [1.165, 1.54) is 0 Å². The first-order valence-electron chi connectivity index (χ1n) is 3.88. The fraction of sp³-hybridized carbons (Fsp3) is 0.667. The smallest absolute Gasteiger partial charge is 0.391 e. The first-order chi connectivity index (χ1) is 6.64. The summed E-state index contributed by atoms with van der Waals surface area (Å²) < 4.78 is 10.4. The van der Waals surface area contributed by atoms with Crippen LogP contribution in [0.15, 0.2) is 0 Å². The van der Waals surface area contributed by atoms with E-state index in [0.717, 1.165) is 6.92 Å². The first-order valence-corrected chi connectivity index (χ1v) is 5.49. The molecule has 0 saturated carbocycles. The summed E-state index contributed by atoms with van der Waals surface area (Å²) in [6.07, 6.45) is -2.34. The summed E-state index contributed by atoms with van der Waals surface area (Å²) in [6, 6.07) is 0. The van der Waals surface area contributed by atoms with Crippen LogP contribution in [0, 0.1) is 0 Å². The zero-order valence-corrected chi connectivity index (χ0v) is 8.79. The van der Waals surface area contributed by atoms with Gasteiger partial charge in [-0.15, -0.1) is 0 Å². The fourth-order valence-corrected chi connectivity index (χ4v) is 1.16. The average Bonchev–Trinajstić information content (AvgIpc) is 2.01. The second-order valence-corrected chi connectivity index (χ2v) is 4.48. The van der Waals surface area contributed by atoms with E-state index in [1.807, 2.05) is 0 Å². The van der Waals surface area contributed by atoms with Gasteiger partial charge in [-0.2, -0.15) is 0 Å². The van der Waals surface area contributed by atoms with Crippen molar-refractivity contribution in [1.29, 1.82) is 0 Å². The minimum absolute atomic E-state index is 0.150. The Labute approximate surface area is 85.2 Å². The van der Waals surface area contributed by atoms with Gasteiger partial charge in [0.25, 0.3) is 0 Å². The van der Waals surface area contributed by atoms with Gasteiger partial charge in [-0.1, -0.05) is 0 Å². The standard InChI is InChI=1S/C6H12NO7P/c1-4(8)7(11)3-5(9)2-6(10)15(12,13)14/h5,9,11H,2-3H2,1H3,(H2,12,13,14). The molecule has 0 aromatic heterocycles. The summed E-state index contributed by atoms with van der Waals surface area (Å²) >= 11 is 0. The Morgan fingerprint density at radius 2 is 1.87 bits per heavy atom. The summed E-state index contributed by atoms with van der Waals surface area (Å²) in [7, 11) is -4.86. The van der Waals surface area contributed by atoms with Crippen LogP contribution in [-0.2, 0) is 14.2 Å². The maximum absolute atomic E-state index is 10.7. The molecule has 9 heteroatoms. The van der Waals surface area contributed by atoms with Gasteiger partial charge in [-0.3, -0.25) is 19.4 Å². The molecule has 0 aromatic carbocycles. The molecule has 0 radical (unpaired) electrons. The van der Waals surface area contributed by atoms with Crippen molar-refractivity contribution in [3.05, 3.63) is 0 Å². The predicted octanol–water partition coefficient (Wildman–Crippen LogP) is -1.32. The van der Waals surface area contributed by atoms with Gasteiger partial charge in [0.15, 0.2) is 0 Å². The molecule has 0 aromatic rings. The van der Waals surface area contributed by atoms with Crippen molar-refractivity contribution in [3.63, 3.8) is 0 Å². The molecule has 15 heavy (non-hydrogen) atoms. The van der Waals surface area contributed by atoms with Crippen molar-refractivity contribution in [1.82, 2.24) is 5.06 Å². The Bertz CT molecular complexity index is 298. The van der Waals surface area contributed by atoms with Gasteiger partial charge in [0.05, 0.1) is 12.6 Å². The van der Waals surface area contributed by atoms with Crippen LogP contribution in [0.1, 0.15) is 13.3 Å². The summed E-state index contributed by atoms with van der Waals surface area (Å²) in [5.41, 5.74) is -1.44. The number of hydrogen-bond donors (Lipinski definition) is 4. The molecule has 0 aliphatic rings. The number of amides is 1. The zero-order chi connectivity index (χ0) is 12.2. The largest absolute Gasteiger partial charge is 0.391 e. The summed E-state index contributed by atoms with van der Waals surface area (Å²) in [5, 5.41) is 18.1. The van der Waals surface area contributed by atoms with E-state index in [0.29, 0.717) is 0 Å². The van der Waals surface area contributed by atoms with E-state index >= 15 is 0 Å². The molecule has 0 heterocycles. The maximum Gasteiger partial charge on any atom is 0.391 e. The number of rotatable bonds is 5. The molecule has 0 aliphatic heterocycles. The number of carbonyl (C=O) groups excluding carboxylic acids is 2. The number of aliphatic hydroxyl groups is 1. The molecule has 0 saturated heterocycles. The van der Waals surface area contributed by atoms with Gasteiger partial charge in [0.2, 0.25) is 11.4 Å². The normalized spacial score (nSPS) is 13.4. The molecule has 1 unspecified atom stereocenters. The second-order valence-electron chi connectivity index (χ2n) is 2.90. The topological polar surface area (TPSA) is 135 Å². The molecule has 1 atom stereocenters. The molecular weight excluding hydrogens is 229 g/mol. The molecular formula is C6H12NO7P. The van der Waals surface area contributed by atoms with Gasteiger partial charge in [0.1, 0.15) is 0 Å². The number of hydrogen-bond acceptors (Lipinski definition) is 5. The molecule has 0 spiro atoms.